The van der Waals surface area contributed by atoms with Crippen molar-refractivity contribution in [2.45, 2.75) is 45.4 Å². The van der Waals surface area contributed by atoms with Gasteiger partial charge in [0.05, 0.1) is 0 Å². The maximum Gasteiger partial charge on any atom is 0.223 e. The lowest BCUT2D eigenvalue weighted by Crippen LogP contribution is -2.33. The van der Waals surface area contributed by atoms with Crippen LogP contribution in [-0.4, -0.2) is 12.5 Å². The Morgan fingerprint density at radius 3 is 2.50 bits per heavy atom. The summed E-state index contributed by atoms with van der Waals surface area (Å²) in [5, 5.41) is 3.19. The van der Waals surface area contributed by atoms with E-state index in [1.807, 2.05) is 0 Å². The number of rotatable bonds is 3. The topological polar surface area (TPSA) is 29.1 Å². The Morgan fingerprint density at radius 2 is 1.88 bits per heavy atom. The van der Waals surface area contributed by atoms with Crippen LogP contribution in [0.15, 0.2) is 0 Å². The van der Waals surface area contributed by atoms with Gasteiger partial charge in [0.1, 0.15) is 0 Å². The molecule has 2 heteroatoms. The van der Waals surface area contributed by atoms with Crippen LogP contribution in [-0.2, 0) is 4.79 Å². The molecule has 3 fully saturated rings. The molecule has 0 saturated heterocycles. The largest absolute Gasteiger partial charge is 0.356 e. The van der Waals surface area contributed by atoms with E-state index in [9.17, 15) is 4.79 Å². The standard InChI is InChI=1S/C14H23NO/c1-9-2-3-10(4-9)8-15-14(16)13-6-11-5-12(11)7-13/h9-13H,2-8H2,1H3,(H,15,16). The van der Waals surface area contributed by atoms with Crippen molar-refractivity contribution in [2.24, 2.45) is 29.6 Å². The molecule has 1 amide bonds. The lowest BCUT2D eigenvalue weighted by molar-refractivity contribution is -0.125. The van der Waals surface area contributed by atoms with Crippen LogP contribution in [0.2, 0.25) is 0 Å². The fourth-order valence-electron chi connectivity index (χ4n) is 3.83. The van der Waals surface area contributed by atoms with Crippen LogP contribution in [0, 0.1) is 29.6 Å². The molecule has 16 heavy (non-hydrogen) atoms. The molecule has 1 N–H and O–H groups in total. The van der Waals surface area contributed by atoms with Gasteiger partial charge in [0.15, 0.2) is 0 Å². The molecule has 0 spiro atoms. The highest BCUT2D eigenvalue weighted by Crippen LogP contribution is 2.54. The van der Waals surface area contributed by atoms with E-state index in [2.05, 4.69) is 12.2 Å². The van der Waals surface area contributed by atoms with Crippen molar-refractivity contribution >= 4 is 5.91 Å². The molecule has 0 radical (unpaired) electrons. The Kier molecular flexibility index (Phi) is 2.68. The van der Waals surface area contributed by atoms with Crippen molar-refractivity contribution in [3.05, 3.63) is 0 Å². The second-order valence-electron chi connectivity index (χ2n) is 6.45. The molecule has 0 heterocycles. The number of carbonyl (C=O) groups excluding carboxylic acids is 1. The minimum Gasteiger partial charge on any atom is -0.356 e. The summed E-state index contributed by atoms with van der Waals surface area (Å²) in [6.07, 6.45) is 7.75. The second kappa shape index (κ2) is 4.05. The number of hydrogen-bond acceptors (Lipinski definition) is 1. The molecule has 0 bridgehead atoms. The first kappa shape index (κ1) is 10.6. The summed E-state index contributed by atoms with van der Waals surface area (Å²) in [6, 6.07) is 0. The molecule has 0 aliphatic heterocycles. The summed E-state index contributed by atoms with van der Waals surface area (Å²) in [5.74, 6) is 4.19. The van der Waals surface area contributed by atoms with Gasteiger partial charge in [-0.15, -0.1) is 0 Å². The van der Waals surface area contributed by atoms with Crippen molar-refractivity contribution in [2.75, 3.05) is 6.54 Å². The Morgan fingerprint density at radius 1 is 1.12 bits per heavy atom. The molecule has 0 aromatic carbocycles. The first-order valence-electron chi connectivity index (χ1n) is 7.00. The molecule has 4 unspecified atom stereocenters. The van der Waals surface area contributed by atoms with Gasteiger partial charge in [-0.3, -0.25) is 4.79 Å². The Balaban J connectivity index is 1.40. The average Bonchev–Trinajstić information content (AvgIpc) is 2.71. The van der Waals surface area contributed by atoms with Crippen molar-refractivity contribution in [3.8, 4) is 0 Å². The highest BCUT2D eigenvalue weighted by molar-refractivity contribution is 5.79. The van der Waals surface area contributed by atoms with Crippen molar-refractivity contribution in [1.29, 1.82) is 0 Å². The van der Waals surface area contributed by atoms with Crippen molar-refractivity contribution in [3.63, 3.8) is 0 Å². The number of hydrogen-bond donors (Lipinski definition) is 1. The predicted octanol–water partition coefficient (Wildman–Crippen LogP) is 2.58. The fraction of sp³-hybridized carbons (Fsp3) is 0.929. The van der Waals surface area contributed by atoms with Crippen molar-refractivity contribution < 1.29 is 4.79 Å². The molecule has 0 aromatic rings. The normalized spacial score (nSPS) is 45.4. The number of fused-ring (bicyclic) bond motifs is 1. The maximum absolute atomic E-state index is 11.9. The smallest absolute Gasteiger partial charge is 0.223 e. The van der Waals surface area contributed by atoms with E-state index in [0.717, 1.165) is 30.2 Å². The number of nitrogens with one attached hydrogen (secondary N) is 1. The lowest BCUT2D eigenvalue weighted by Gasteiger charge is -2.15. The van der Waals surface area contributed by atoms with Gasteiger partial charge in [0.25, 0.3) is 0 Å². The third kappa shape index (κ3) is 2.11. The summed E-state index contributed by atoms with van der Waals surface area (Å²) in [5.41, 5.74) is 0. The Hall–Kier alpha value is -0.530. The van der Waals surface area contributed by atoms with Crippen LogP contribution in [0.25, 0.3) is 0 Å². The van der Waals surface area contributed by atoms with E-state index in [0.29, 0.717) is 11.8 Å². The van der Waals surface area contributed by atoms with Gasteiger partial charge in [0.2, 0.25) is 5.91 Å². The molecule has 2 nitrogen and oxygen atoms in total. The van der Waals surface area contributed by atoms with Crippen LogP contribution < -0.4 is 5.32 Å². The average molecular weight is 221 g/mol. The third-order valence-corrected chi connectivity index (χ3v) is 4.98. The highest BCUT2D eigenvalue weighted by atomic mass is 16.1. The van der Waals surface area contributed by atoms with E-state index in [-0.39, 0.29) is 0 Å². The zero-order valence-electron chi connectivity index (χ0n) is 10.2. The molecule has 3 saturated carbocycles. The summed E-state index contributed by atoms with van der Waals surface area (Å²) < 4.78 is 0. The summed E-state index contributed by atoms with van der Waals surface area (Å²) in [4.78, 5) is 11.9. The third-order valence-electron chi connectivity index (χ3n) is 4.98. The Bertz CT molecular complexity index is 278. The molecule has 0 aromatic heterocycles. The monoisotopic (exact) mass is 221 g/mol. The quantitative estimate of drug-likeness (QED) is 0.779. The summed E-state index contributed by atoms with van der Waals surface area (Å²) in [6.45, 7) is 3.27. The minimum absolute atomic E-state index is 0.353. The van der Waals surface area contributed by atoms with Gasteiger partial charge < -0.3 is 5.32 Å². The van der Waals surface area contributed by atoms with Gasteiger partial charge in [-0.2, -0.15) is 0 Å². The van der Waals surface area contributed by atoms with E-state index in [1.165, 1.54) is 38.5 Å². The SMILES string of the molecule is CC1CCC(CNC(=O)C2CC3CC3C2)C1. The van der Waals surface area contributed by atoms with Crippen molar-refractivity contribution in [1.82, 2.24) is 5.32 Å². The van der Waals surface area contributed by atoms with E-state index >= 15 is 0 Å². The maximum atomic E-state index is 11.9. The summed E-state index contributed by atoms with van der Waals surface area (Å²) >= 11 is 0. The van der Waals surface area contributed by atoms with Crippen LogP contribution in [0.5, 0.6) is 0 Å². The van der Waals surface area contributed by atoms with E-state index in [1.54, 1.807) is 0 Å². The summed E-state index contributed by atoms with van der Waals surface area (Å²) in [7, 11) is 0. The number of amides is 1. The molecule has 4 atom stereocenters. The van der Waals surface area contributed by atoms with Crippen LogP contribution in [0.1, 0.15) is 45.4 Å². The lowest BCUT2D eigenvalue weighted by atomic mass is 10.0. The minimum atomic E-state index is 0.353. The molecule has 3 aliphatic carbocycles. The molecular formula is C14H23NO. The van der Waals surface area contributed by atoms with E-state index < -0.39 is 0 Å². The molecule has 90 valence electrons. The first-order chi connectivity index (χ1) is 7.72. The fourth-order valence-corrected chi connectivity index (χ4v) is 3.83. The highest BCUT2D eigenvalue weighted by Gasteiger charge is 2.47. The van der Waals surface area contributed by atoms with Crippen LogP contribution >= 0.6 is 0 Å². The van der Waals surface area contributed by atoms with Gasteiger partial charge in [0, 0.05) is 12.5 Å². The van der Waals surface area contributed by atoms with Crippen LogP contribution in [0.4, 0.5) is 0 Å². The molecular weight excluding hydrogens is 198 g/mol. The van der Waals surface area contributed by atoms with E-state index in [4.69, 9.17) is 0 Å². The zero-order chi connectivity index (χ0) is 11.1. The zero-order valence-corrected chi connectivity index (χ0v) is 10.2. The van der Waals surface area contributed by atoms with Crippen LogP contribution in [0.3, 0.4) is 0 Å². The predicted molar refractivity (Wildman–Crippen MR) is 63.8 cm³/mol. The van der Waals surface area contributed by atoms with Gasteiger partial charge in [-0.25, -0.2) is 0 Å². The molecule has 3 aliphatic rings. The molecule has 3 rings (SSSR count). The number of carbonyl (C=O) groups is 1. The Labute approximate surface area is 98.2 Å². The van der Waals surface area contributed by atoms with Gasteiger partial charge in [-0.1, -0.05) is 13.3 Å². The van der Waals surface area contributed by atoms with Gasteiger partial charge in [-0.05, 0) is 55.8 Å². The first-order valence-corrected chi connectivity index (χ1v) is 7.00. The van der Waals surface area contributed by atoms with Gasteiger partial charge >= 0.3 is 0 Å². The second-order valence-corrected chi connectivity index (χ2v) is 6.45.